The fourth-order valence-corrected chi connectivity index (χ4v) is 5.21. The third-order valence-corrected chi connectivity index (χ3v) is 7.40. The van der Waals surface area contributed by atoms with E-state index in [0.717, 1.165) is 53.8 Å². The topological polar surface area (TPSA) is 72.8 Å². The molecule has 0 radical (unpaired) electrons. The molecule has 1 aliphatic rings. The maximum absolute atomic E-state index is 13.7. The number of nitrogens with zero attached hydrogens (tertiary/aromatic N) is 4. The lowest BCUT2D eigenvalue weighted by Crippen LogP contribution is -2.64. The summed E-state index contributed by atoms with van der Waals surface area (Å²) in [6.07, 6.45) is 6.57. The third kappa shape index (κ3) is 4.76. The van der Waals surface area contributed by atoms with Crippen LogP contribution < -0.4 is 4.90 Å². The van der Waals surface area contributed by atoms with E-state index in [9.17, 15) is 10.1 Å². The molecule has 0 aliphatic carbocycles. The molecule has 4 rings (SSSR count). The number of aromatic nitrogens is 2. The minimum absolute atomic E-state index is 0.0895. The van der Waals surface area contributed by atoms with Crippen LogP contribution in [0.4, 0.5) is 5.69 Å². The molecule has 0 bridgehead atoms. The fraction of sp³-hybridized carbons (Fsp3) is 0.393. The summed E-state index contributed by atoms with van der Waals surface area (Å²) < 4.78 is 0.718. The van der Waals surface area contributed by atoms with E-state index < -0.39 is 0 Å². The highest BCUT2D eigenvalue weighted by Crippen LogP contribution is 2.36. The number of hydrogen-bond donors (Lipinski definition) is 1. The van der Waals surface area contributed by atoms with Gasteiger partial charge in [0.1, 0.15) is 6.04 Å². The Hall–Kier alpha value is -3.43. The summed E-state index contributed by atoms with van der Waals surface area (Å²) in [6.45, 7) is 9.40. The molecule has 1 fully saturated rings. The zero-order valence-electron chi connectivity index (χ0n) is 20.4. The number of aromatic amines is 1. The van der Waals surface area contributed by atoms with Crippen molar-refractivity contribution < 1.29 is 9.28 Å². The van der Waals surface area contributed by atoms with Crippen molar-refractivity contribution in [3.05, 3.63) is 82.9 Å². The van der Waals surface area contributed by atoms with Gasteiger partial charge in [0.05, 0.1) is 49.5 Å². The number of piperazine rings is 1. The van der Waals surface area contributed by atoms with Gasteiger partial charge in [-0.05, 0) is 55.2 Å². The highest BCUT2D eigenvalue weighted by atomic mass is 16.2. The Morgan fingerprint density at radius 3 is 2.65 bits per heavy atom. The predicted molar refractivity (Wildman–Crippen MR) is 134 cm³/mol. The number of benzene rings is 2. The number of imidazole rings is 1. The van der Waals surface area contributed by atoms with Gasteiger partial charge in [0.25, 0.3) is 5.91 Å². The average Bonchev–Trinajstić information content (AvgIpc) is 3.38. The lowest BCUT2D eigenvalue weighted by atomic mass is 9.96. The molecule has 176 valence electrons. The fourth-order valence-electron chi connectivity index (χ4n) is 5.21. The highest BCUT2D eigenvalue weighted by Gasteiger charge is 2.45. The largest absolute Gasteiger partial charge is 0.344 e. The molecule has 1 amide bonds. The van der Waals surface area contributed by atoms with E-state index in [2.05, 4.69) is 48.9 Å². The second kappa shape index (κ2) is 10.2. The predicted octanol–water partition coefficient (Wildman–Crippen LogP) is 4.85. The van der Waals surface area contributed by atoms with Gasteiger partial charge >= 0.3 is 0 Å². The quantitative estimate of drug-likeness (QED) is 0.493. The minimum Gasteiger partial charge on any atom is -0.344 e. The molecule has 1 N–H and O–H groups in total. The number of H-pyrrole nitrogens is 1. The second-order valence-corrected chi connectivity index (χ2v) is 9.48. The maximum atomic E-state index is 13.7. The Balaban J connectivity index is 1.68. The molecule has 34 heavy (non-hydrogen) atoms. The number of amides is 1. The van der Waals surface area contributed by atoms with Crippen molar-refractivity contribution >= 4 is 11.6 Å². The molecule has 6 heteroatoms. The van der Waals surface area contributed by atoms with Crippen LogP contribution in [0.25, 0.3) is 0 Å². The van der Waals surface area contributed by atoms with E-state index in [1.54, 1.807) is 6.33 Å². The van der Waals surface area contributed by atoms with Crippen molar-refractivity contribution in [1.82, 2.24) is 9.97 Å². The number of hydrogen-bond acceptors (Lipinski definition) is 3. The summed E-state index contributed by atoms with van der Waals surface area (Å²) in [5, 5.41) is 9.18. The Morgan fingerprint density at radius 2 is 2.00 bits per heavy atom. The van der Waals surface area contributed by atoms with Crippen molar-refractivity contribution in [2.45, 2.75) is 46.1 Å². The lowest BCUT2D eigenvalue weighted by molar-refractivity contribution is -0.951. The third-order valence-electron chi connectivity index (χ3n) is 7.40. The number of anilines is 1. The van der Waals surface area contributed by atoms with Crippen LogP contribution in [0, 0.1) is 25.2 Å². The van der Waals surface area contributed by atoms with Gasteiger partial charge in [0, 0.05) is 12.1 Å². The molecule has 1 aliphatic heterocycles. The smallest absolute Gasteiger partial charge is 0.282 e. The lowest BCUT2D eigenvalue weighted by Gasteiger charge is -2.49. The Kier molecular flexibility index (Phi) is 7.14. The summed E-state index contributed by atoms with van der Waals surface area (Å²) in [5.41, 5.74) is 6.30. The molecule has 6 nitrogen and oxygen atoms in total. The molecule has 3 aromatic rings. The summed E-state index contributed by atoms with van der Waals surface area (Å²) in [5.74, 6) is 0.181. The number of unbranched alkanes of at least 4 members (excludes halogenated alkanes) is 1. The molecular formula is C28H34N5O+. The van der Waals surface area contributed by atoms with Crippen LogP contribution in [-0.4, -0.2) is 46.5 Å². The van der Waals surface area contributed by atoms with E-state index in [-0.39, 0.29) is 11.9 Å². The number of carbonyl (C=O) groups is 1. The van der Waals surface area contributed by atoms with Gasteiger partial charge in [-0.15, -0.1) is 0 Å². The molecule has 2 heterocycles. The van der Waals surface area contributed by atoms with Crippen LogP contribution in [0.5, 0.6) is 0 Å². The summed E-state index contributed by atoms with van der Waals surface area (Å²) in [4.78, 5) is 23.3. The van der Waals surface area contributed by atoms with Crippen molar-refractivity contribution in [2.24, 2.45) is 0 Å². The van der Waals surface area contributed by atoms with Gasteiger partial charge < -0.3 is 14.4 Å². The van der Waals surface area contributed by atoms with Crippen molar-refractivity contribution in [3.63, 3.8) is 0 Å². The summed E-state index contributed by atoms with van der Waals surface area (Å²) in [7, 11) is 0. The molecule has 0 saturated carbocycles. The first-order valence-corrected chi connectivity index (χ1v) is 12.2. The monoisotopic (exact) mass is 456 g/mol. The molecule has 2 aromatic carbocycles. The van der Waals surface area contributed by atoms with Crippen molar-refractivity contribution in [1.29, 1.82) is 5.26 Å². The van der Waals surface area contributed by atoms with Gasteiger partial charge in [0.15, 0.2) is 6.54 Å². The molecule has 0 spiro atoms. The Bertz CT molecular complexity index is 1160. The highest BCUT2D eigenvalue weighted by molar-refractivity contribution is 5.95. The first-order chi connectivity index (χ1) is 16.5. The van der Waals surface area contributed by atoms with Gasteiger partial charge in [-0.3, -0.25) is 4.79 Å². The molecule has 1 aromatic heterocycles. The van der Waals surface area contributed by atoms with Gasteiger partial charge in [-0.25, -0.2) is 4.98 Å². The van der Waals surface area contributed by atoms with E-state index in [1.807, 2.05) is 41.4 Å². The van der Waals surface area contributed by atoms with Crippen LogP contribution in [0.1, 0.15) is 53.8 Å². The van der Waals surface area contributed by atoms with Crippen molar-refractivity contribution in [2.75, 3.05) is 31.1 Å². The van der Waals surface area contributed by atoms with Crippen molar-refractivity contribution in [3.8, 4) is 6.07 Å². The minimum atomic E-state index is 0.0895. The van der Waals surface area contributed by atoms with Gasteiger partial charge in [-0.1, -0.05) is 37.6 Å². The van der Waals surface area contributed by atoms with Gasteiger partial charge in [-0.2, -0.15) is 5.26 Å². The first-order valence-electron chi connectivity index (χ1n) is 12.2. The van der Waals surface area contributed by atoms with Crippen LogP contribution in [0.2, 0.25) is 0 Å². The molecule has 2 unspecified atom stereocenters. The summed E-state index contributed by atoms with van der Waals surface area (Å²) >= 11 is 0. The second-order valence-electron chi connectivity index (χ2n) is 9.48. The Labute approximate surface area is 202 Å². The van der Waals surface area contributed by atoms with Crippen LogP contribution >= 0.6 is 0 Å². The standard InChI is InChI=1S/C28H34N5O/c1-4-5-14-33(15-13-32(28(34)19-33)26-8-6-7-21(2)22(26)3)27(25-18-30-20-31-25)16-23-9-11-24(17-29)12-10-23/h6-12,18,20,27H,4-5,13-16,19H2,1-3H3,(H,30,31)/q+1. The van der Waals surface area contributed by atoms with E-state index in [0.29, 0.717) is 18.7 Å². The van der Waals surface area contributed by atoms with Gasteiger partial charge in [0.2, 0.25) is 0 Å². The number of carbonyl (C=O) groups excluding carboxylic acids is 1. The average molecular weight is 457 g/mol. The number of nitriles is 1. The van der Waals surface area contributed by atoms with Crippen LogP contribution in [0.3, 0.4) is 0 Å². The maximum Gasteiger partial charge on any atom is 0.282 e. The SMILES string of the molecule is CCCC[N+]1(C(Cc2ccc(C#N)cc2)c2cnc[nH]2)CCN(c2cccc(C)c2C)C(=O)C1. The molecular weight excluding hydrogens is 422 g/mol. The van der Waals surface area contributed by atoms with Crippen LogP contribution in [0.15, 0.2) is 55.0 Å². The normalized spacial score (nSPS) is 19.1. The van der Waals surface area contributed by atoms with E-state index in [4.69, 9.17) is 0 Å². The Morgan fingerprint density at radius 1 is 1.21 bits per heavy atom. The number of nitrogens with one attached hydrogen (secondary N) is 1. The summed E-state index contributed by atoms with van der Waals surface area (Å²) in [6, 6.07) is 16.3. The first kappa shape index (κ1) is 23.7. The number of aryl methyl sites for hydroxylation is 1. The molecule has 2 atom stereocenters. The zero-order chi connectivity index (χ0) is 24.1. The van der Waals surface area contributed by atoms with E-state index in [1.165, 1.54) is 11.1 Å². The zero-order valence-corrected chi connectivity index (χ0v) is 20.4. The number of rotatable bonds is 8. The number of quaternary nitrogens is 1. The van der Waals surface area contributed by atoms with Crippen LogP contribution in [-0.2, 0) is 11.2 Å². The molecule has 1 saturated heterocycles. The van der Waals surface area contributed by atoms with E-state index >= 15 is 0 Å².